The van der Waals surface area contributed by atoms with Gasteiger partial charge in [0.25, 0.3) is 0 Å². The molecule has 0 aliphatic carbocycles. The minimum Gasteiger partial charge on any atom is -0.381 e. The molecule has 2 heterocycles. The van der Waals surface area contributed by atoms with Crippen molar-refractivity contribution < 1.29 is 9.47 Å². The third kappa shape index (κ3) is 4.59. The van der Waals surface area contributed by atoms with Crippen molar-refractivity contribution in [2.24, 2.45) is 16.8 Å². The first-order chi connectivity index (χ1) is 10.6. The second kappa shape index (κ2) is 8.16. The van der Waals surface area contributed by atoms with Crippen LogP contribution in [-0.4, -0.2) is 63.0 Å². The van der Waals surface area contributed by atoms with E-state index in [0.717, 1.165) is 63.5 Å². The SMILES string of the molecule is CCNC(=NCC1(OC)CCOCC1)N1CC(C)CC(C)C1. The molecule has 0 aromatic rings. The number of hydrogen-bond acceptors (Lipinski definition) is 3. The lowest BCUT2D eigenvalue weighted by Crippen LogP contribution is -2.49. The predicted molar refractivity (Wildman–Crippen MR) is 90.3 cm³/mol. The van der Waals surface area contributed by atoms with Gasteiger partial charge < -0.3 is 19.7 Å². The average molecular weight is 311 g/mol. The fourth-order valence-electron chi connectivity index (χ4n) is 3.65. The molecule has 0 amide bonds. The van der Waals surface area contributed by atoms with Crippen molar-refractivity contribution in [1.82, 2.24) is 10.2 Å². The average Bonchev–Trinajstić information content (AvgIpc) is 2.51. The summed E-state index contributed by atoms with van der Waals surface area (Å²) >= 11 is 0. The highest BCUT2D eigenvalue weighted by Crippen LogP contribution is 2.25. The van der Waals surface area contributed by atoms with Crippen LogP contribution in [0.2, 0.25) is 0 Å². The van der Waals surface area contributed by atoms with Crippen LogP contribution >= 0.6 is 0 Å². The van der Waals surface area contributed by atoms with Crippen LogP contribution in [0.1, 0.15) is 40.0 Å². The molecule has 5 nitrogen and oxygen atoms in total. The standard InChI is InChI=1S/C17H33N3O2/c1-5-18-16(20-11-14(2)10-15(3)12-20)19-13-17(21-4)6-8-22-9-7-17/h14-15H,5-13H2,1-4H3,(H,18,19). The number of likely N-dealkylation sites (tertiary alicyclic amines) is 1. The van der Waals surface area contributed by atoms with Crippen LogP contribution in [0.15, 0.2) is 4.99 Å². The summed E-state index contributed by atoms with van der Waals surface area (Å²) in [6.07, 6.45) is 3.17. The van der Waals surface area contributed by atoms with Crippen molar-refractivity contribution in [3.05, 3.63) is 0 Å². The first-order valence-electron chi connectivity index (χ1n) is 8.74. The molecule has 22 heavy (non-hydrogen) atoms. The molecule has 0 aromatic heterocycles. The number of hydrogen-bond donors (Lipinski definition) is 1. The van der Waals surface area contributed by atoms with Gasteiger partial charge >= 0.3 is 0 Å². The number of aliphatic imine (C=N–C) groups is 1. The largest absolute Gasteiger partial charge is 0.381 e. The normalized spacial score (nSPS) is 29.5. The number of nitrogens with zero attached hydrogens (tertiary/aromatic N) is 2. The van der Waals surface area contributed by atoms with E-state index in [9.17, 15) is 0 Å². The van der Waals surface area contributed by atoms with Crippen molar-refractivity contribution in [2.75, 3.05) is 46.5 Å². The highest BCUT2D eigenvalue weighted by atomic mass is 16.5. The van der Waals surface area contributed by atoms with E-state index >= 15 is 0 Å². The summed E-state index contributed by atoms with van der Waals surface area (Å²) in [5.74, 6) is 2.50. The van der Waals surface area contributed by atoms with Crippen LogP contribution < -0.4 is 5.32 Å². The van der Waals surface area contributed by atoms with Gasteiger partial charge in [-0.15, -0.1) is 0 Å². The fraction of sp³-hybridized carbons (Fsp3) is 0.941. The molecule has 2 unspecified atom stereocenters. The smallest absolute Gasteiger partial charge is 0.194 e. The molecular formula is C17H33N3O2. The van der Waals surface area contributed by atoms with Crippen molar-refractivity contribution >= 4 is 5.96 Å². The van der Waals surface area contributed by atoms with Gasteiger partial charge in [0.2, 0.25) is 0 Å². The number of methoxy groups -OCH3 is 1. The van der Waals surface area contributed by atoms with Crippen LogP contribution in [0.25, 0.3) is 0 Å². The van der Waals surface area contributed by atoms with Crippen molar-refractivity contribution in [3.8, 4) is 0 Å². The highest BCUT2D eigenvalue weighted by Gasteiger charge is 2.33. The molecule has 0 spiro atoms. The summed E-state index contributed by atoms with van der Waals surface area (Å²) in [7, 11) is 1.80. The molecule has 5 heteroatoms. The molecule has 128 valence electrons. The van der Waals surface area contributed by atoms with E-state index in [4.69, 9.17) is 14.5 Å². The van der Waals surface area contributed by atoms with Crippen molar-refractivity contribution in [1.29, 1.82) is 0 Å². The molecule has 2 aliphatic rings. The van der Waals surface area contributed by atoms with E-state index in [1.807, 2.05) is 0 Å². The van der Waals surface area contributed by atoms with Crippen LogP contribution in [0.5, 0.6) is 0 Å². The minimum atomic E-state index is -0.147. The molecule has 0 aromatic carbocycles. The van der Waals surface area contributed by atoms with Crippen LogP contribution in [-0.2, 0) is 9.47 Å². The molecule has 2 aliphatic heterocycles. The number of rotatable bonds is 4. The summed E-state index contributed by atoms with van der Waals surface area (Å²) in [6.45, 7) is 12.2. The topological polar surface area (TPSA) is 46.1 Å². The Morgan fingerprint density at radius 3 is 2.45 bits per heavy atom. The van der Waals surface area contributed by atoms with Crippen LogP contribution in [0, 0.1) is 11.8 Å². The van der Waals surface area contributed by atoms with Gasteiger partial charge in [0.05, 0.1) is 12.1 Å². The summed E-state index contributed by atoms with van der Waals surface area (Å²) in [4.78, 5) is 7.35. The van der Waals surface area contributed by atoms with Gasteiger partial charge in [0.15, 0.2) is 5.96 Å². The third-order valence-electron chi connectivity index (χ3n) is 4.86. The Bertz CT molecular complexity index is 357. The number of ether oxygens (including phenoxy) is 2. The fourth-order valence-corrected chi connectivity index (χ4v) is 3.65. The lowest BCUT2D eigenvalue weighted by molar-refractivity contribution is -0.0829. The summed E-state index contributed by atoms with van der Waals surface area (Å²) in [6, 6.07) is 0. The van der Waals surface area contributed by atoms with E-state index in [1.165, 1.54) is 6.42 Å². The van der Waals surface area contributed by atoms with E-state index in [2.05, 4.69) is 31.0 Å². The quantitative estimate of drug-likeness (QED) is 0.638. The van der Waals surface area contributed by atoms with Crippen molar-refractivity contribution in [2.45, 2.75) is 45.6 Å². The molecular weight excluding hydrogens is 278 g/mol. The molecule has 2 saturated heterocycles. The Morgan fingerprint density at radius 2 is 1.91 bits per heavy atom. The molecule has 0 radical (unpaired) electrons. The highest BCUT2D eigenvalue weighted by molar-refractivity contribution is 5.80. The van der Waals surface area contributed by atoms with E-state index in [0.29, 0.717) is 6.54 Å². The Balaban J connectivity index is 2.05. The first-order valence-corrected chi connectivity index (χ1v) is 8.74. The molecule has 2 rings (SSSR count). The number of guanidine groups is 1. The van der Waals surface area contributed by atoms with Crippen molar-refractivity contribution in [3.63, 3.8) is 0 Å². The first kappa shape index (κ1) is 17.5. The summed E-state index contributed by atoms with van der Waals surface area (Å²) < 4.78 is 11.3. The van der Waals surface area contributed by atoms with E-state index < -0.39 is 0 Å². The third-order valence-corrected chi connectivity index (χ3v) is 4.86. The number of piperidine rings is 1. The predicted octanol–water partition coefficient (Wildman–Crippen LogP) is 2.13. The molecule has 2 atom stereocenters. The number of nitrogens with one attached hydrogen (secondary N) is 1. The van der Waals surface area contributed by atoms with E-state index in [1.54, 1.807) is 7.11 Å². The zero-order valence-corrected chi connectivity index (χ0v) is 14.7. The zero-order chi connectivity index (χ0) is 16.0. The maximum absolute atomic E-state index is 5.80. The lowest BCUT2D eigenvalue weighted by atomic mass is 9.92. The second-order valence-corrected chi connectivity index (χ2v) is 7.02. The van der Waals surface area contributed by atoms with Gasteiger partial charge in [-0.05, 0) is 25.2 Å². The summed E-state index contributed by atoms with van der Waals surface area (Å²) in [5.41, 5.74) is -0.147. The van der Waals surface area contributed by atoms with E-state index in [-0.39, 0.29) is 5.60 Å². The lowest BCUT2D eigenvalue weighted by Gasteiger charge is -2.38. The molecule has 0 saturated carbocycles. The Morgan fingerprint density at radius 1 is 1.27 bits per heavy atom. The zero-order valence-electron chi connectivity index (χ0n) is 14.7. The monoisotopic (exact) mass is 311 g/mol. The maximum Gasteiger partial charge on any atom is 0.194 e. The van der Waals surface area contributed by atoms with Gasteiger partial charge in [0.1, 0.15) is 0 Å². The maximum atomic E-state index is 5.80. The molecule has 0 bridgehead atoms. The Labute approximate surface area is 135 Å². The Hall–Kier alpha value is -0.810. The van der Waals surface area contributed by atoms with Gasteiger partial charge in [-0.25, -0.2) is 0 Å². The van der Waals surface area contributed by atoms with Gasteiger partial charge in [-0.1, -0.05) is 13.8 Å². The molecule has 1 N–H and O–H groups in total. The summed E-state index contributed by atoms with van der Waals surface area (Å²) in [5, 5.41) is 3.46. The molecule has 2 fully saturated rings. The Kier molecular flexibility index (Phi) is 6.50. The van der Waals surface area contributed by atoms with Crippen LogP contribution in [0.3, 0.4) is 0 Å². The van der Waals surface area contributed by atoms with Crippen LogP contribution in [0.4, 0.5) is 0 Å². The van der Waals surface area contributed by atoms with Gasteiger partial charge in [0, 0.05) is 52.8 Å². The van der Waals surface area contributed by atoms with Gasteiger partial charge in [-0.2, -0.15) is 0 Å². The second-order valence-electron chi connectivity index (χ2n) is 7.02. The van der Waals surface area contributed by atoms with Gasteiger partial charge in [-0.3, -0.25) is 4.99 Å². The minimum absolute atomic E-state index is 0.147.